The van der Waals surface area contributed by atoms with Crippen LogP contribution in [0.3, 0.4) is 0 Å². The Morgan fingerprint density at radius 1 is 1.56 bits per heavy atom. The lowest BCUT2D eigenvalue weighted by Gasteiger charge is -2.25. The Morgan fingerprint density at radius 2 is 2.28 bits per heavy atom. The minimum Gasteiger partial charge on any atom is -0.481 e. The highest BCUT2D eigenvalue weighted by molar-refractivity contribution is 7.09. The molecule has 2 aliphatic rings. The van der Waals surface area contributed by atoms with Gasteiger partial charge in [-0.2, -0.15) is 0 Å². The second kappa shape index (κ2) is 4.05. The van der Waals surface area contributed by atoms with Crippen molar-refractivity contribution < 1.29 is 14.7 Å². The van der Waals surface area contributed by atoms with Gasteiger partial charge in [-0.1, -0.05) is 0 Å². The molecule has 1 amide bonds. The molecule has 1 N–H and O–H groups in total. The largest absolute Gasteiger partial charge is 0.481 e. The molecule has 0 bridgehead atoms. The fourth-order valence-corrected chi connectivity index (χ4v) is 3.27. The Labute approximate surface area is 108 Å². The van der Waals surface area contributed by atoms with Gasteiger partial charge in [0.25, 0.3) is 0 Å². The molecule has 96 valence electrons. The van der Waals surface area contributed by atoms with Crippen molar-refractivity contribution in [2.24, 2.45) is 5.92 Å². The van der Waals surface area contributed by atoms with E-state index in [0.29, 0.717) is 0 Å². The summed E-state index contributed by atoms with van der Waals surface area (Å²) in [7, 11) is 0. The van der Waals surface area contributed by atoms with Gasteiger partial charge < -0.3 is 10.0 Å². The predicted molar refractivity (Wildman–Crippen MR) is 65.2 cm³/mol. The Balaban J connectivity index is 1.98. The van der Waals surface area contributed by atoms with Crippen molar-refractivity contribution in [3.05, 3.63) is 16.1 Å². The fourth-order valence-electron chi connectivity index (χ4n) is 2.62. The molecule has 1 aliphatic carbocycles. The van der Waals surface area contributed by atoms with Crippen molar-refractivity contribution in [2.45, 2.75) is 38.3 Å². The summed E-state index contributed by atoms with van der Waals surface area (Å²) in [6.45, 7) is 1.89. The molecular weight excluding hydrogens is 252 g/mol. The number of aromatic nitrogens is 1. The third-order valence-electron chi connectivity index (χ3n) is 3.56. The molecule has 1 aliphatic heterocycles. The number of nitrogens with zero attached hydrogens (tertiary/aromatic N) is 2. The molecule has 1 aromatic rings. The number of amides is 1. The first kappa shape index (κ1) is 11.6. The molecule has 0 spiro atoms. The monoisotopic (exact) mass is 266 g/mol. The lowest BCUT2D eigenvalue weighted by atomic mass is 9.98. The highest BCUT2D eigenvalue weighted by Gasteiger charge is 2.50. The Bertz CT molecular complexity index is 509. The van der Waals surface area contributed by atoms with Gasteiger partial charge in [0.1, 0.15) is 0 Å². The van der Waals surface area contributed by atoms with Gasteiger partial charge in [-0.15, -0.1) is 11.3 Å². The Morgan fingerprint density at radius 3 is 2.78 bits per heavy atom. The minimum atomic E-state index is -0.901. The number of carbonyl (C=O) groups excluding carboxylic acids is 1. The van der Waals surface area contributed by atoms with Crippen LogP contribution in [0.4, 0.5) is 0 Å². The first-order valence-electron chi connectivity index (χ1n) is 6.04. The van der Waals surface area contributed by atoms with E-state index in [9.17, 15) is 14.7 Å². The number of aryl methyl sites for hydroxylation is 1. The fraction of sp³-hybridized carbons (Fsp3) is 0.583. The number of carboxylic acid groups (broad SMARTS) is 1. The predicted octanol–water partition coefficient (Wildman–Crippen LogP) is 1.59. The average molecular weight is 266 g/mol. The van der Waals surface area contributed by atoms with Crippen LogP contribution in [0, 0.1) is 12.8 Å². The van der Waals surface area contributed by atoms with Crippen molar-refractivity contribution in [1.29, 1.82) is 0 Å². The van der Waals surface area contributed by atoms with Gasteiger partial charge in [0, 0.05) is 17.8 Å². The smallest absolute Gasteiger partial charge is 0.309 e. The molecule has 2 heterocycles. The van der Waals surface area contributed by atoms with E-state index in [0.717, 1.165) is 23.5 Å². The van der Waals surface area contributed by atoms with Crippen molar-refractivity contribution in [3.8, 4) is 0 Å². The van der Waals surface area contributed by atoms with E-state index in [1.165, 1.54) is 11.3 Å². The van der Waals surface area contributed by atoms with E-state index in [2.05, 4.69) is 4.98 Å². The summed E-state index contributed by atoms with van der Waals surface area (Å²) in [6, 6.07) is -0.138. The molecule has 1 aromatic heterocycles. The number of carboxylic acids is 1. The normalized spacial score (nSPS) is 27.8. The van der Waals surface area contributed by atoms with E-state index in [1.807, 2.05) is 12.3 Å². The van der Waals surface area contributed by atoms with E-state index in [4.69, 9.17) is 0 Å². The van der Waals surface area contributed by atoms with Gasteiger partial charge in [-0.3, -0.25) is 9.59 Å². The SMILES string of the molecule is Cc1nc(C2C(C(=O)O)CC(=O)N2C2CC2)cs1. The van der Waals surface area contributed by atoms with Crippen LogP contribution >= 0.6 is 11.3 Å². The zero-order chi connectivity index (χ0) is 12.9. The highest BCUT2D eigenvalue weighted by Crippen LogP contribution is 2.44. The summed E-state index contributed by atoms with van der Waals surface area (Å²) in [6.07, 6.45) is 2.07. The topological polar surface area (TPSA) is 70.5 Å². The van der Waals surface area contributed by atoms with Crippen LogP contribution in [0.2, 0.25) is 0 Å². The summed E-state index contributed by atoms with van der Waals surface area (Å²) >= 11 is 1.50. The zero-order valence-electron chi connectivity index (χ0n) is 10.00. The number of aliphatic carboxylic acids is 1. The molecule has 2 fully saturated rings. The van der Waals surface area contributed by atoms with E-state index < -0.39 is 11.9 Å². The number of rotatable bonds is 3. The van der Waals surface area contributed by atoms with Gasteiger partial charge in [-0.05, 0) is 19.8 Å². The second-order valence-electron chi connectivity index (χ2n) is 4.92. The van der Waals surface area contributed by atoms with Crippen molar-refractivity contribution in [2.75, 3.05) is 0 Å². The molecule has 5 nitrogen and oxygen atoms in total. The molecular formula is C12H14N2O3S. The number of thiazole rings is 1. The summed E-state index contributed by atoms with van der Waals surface area (Å²) in [4.78, 5) is 29.5. The highest BCUT2D eigenvalue weighted by atomic mass is 32.1. The summed E-state index contributed by atoms with van der Waals surface area (Å²) < 4.78 is 0. The number of hydrogen-bond acceptors (Lipinski definition) is 4. The molecule has 1 saturated heterocycles. The van der Waals surface area contributed by atoms with Crippen LogP contribution in [0.1, 0.15) is 36.0 Å². The van der Waals surface area contributed by atoms with Gasteiger partial charge in [0.05, 0.1) is 22.7 Å². The molecule has 2 atom stereocenters. The molecule has 0 aromatic carbocycles. The van der Waals surface area contributed by atoms with Crippen molar-refractivity contribution in [1.82, 2.24) is 9.88 Å². The van der Waals surface area contributed by atoms with E-state index >= 15 is 0 Å². The maximum atomic E-state index is 12.0. The van der Waals surface area contributed by atoms with Crippen LogP contribution in [0.15, 0.2) is 5.38 Å². The minimum absolute atomic E-state index is 0.0412. The zero-order valence-corrected chi connectivity index (χ0v) is 10.8. The standard InChI is InChI=1S/C12H14N2O3S/c1-6-13-9(5-18-6)11-8(12(16)17)4-10(15)14(11)7-2-3-7/h5,7-8,11H,2-4H2,1H3,(H,16,17). The lowest BCUT2D eigenvalue weighted by molar-refractivity contribution is -0.142. The molecule has 6 heteroatoms. The third-order valence-corrected chi connectivity index (χ3v) is 4.35. The van der Waals surface area contributed by atoms with Gasteiger partial charge in [0.15, 0.2) is 0 Å². The Hall–Kier alpha value is -1.43. The molecule has 3 rings (SSSR count). The van der Waals surface area contributed by atoms with Gasteiger partial charge in [0.2, 0.25) is 5.91 Å². The van der Waals surface area contributed by atoms with Crippen LogP contribution in [0.25, 0.3) is 0 Å². The number of likely N-dealkylation sites (tertiary alicyclic amines) is 1. The molecule has 18 heavy (non-hydrogen) atoms. The van der Waals surface area contributed by atoms with E-state index in [-0.39, 0.29) is 24.4 Å². The van der Waals surface area contributed by atoms with Crippen LogP contribution < -0.4 is 0 Å². The van der Waals surface area contributed by atoms with Gasteiger partial charge >= 0.3 is 5.97 Å². The first-order chi connectivity index (χ1) is 8.58. The maximum absolute atomic E-state index is 12.0. The Kier molecular flexibility index (Phi) is 2.62. The lowest BCUT2D eigenvalue weighted by Crippen LogP contribution is -2.32. The quantitative estimate of drug-likeness (QED) is 0.902. The summed E-state index contributed by atoms with van der Waals surface area (Å²) in [5, 5.41) is 12.1. The summed E-state index contributed by atoms with van der Waals surface area (Å²) in [5.74, 6) is -1.60. The summed E-state index contributed by atoms with van der Waals surface area (Å²) in [5.41, 5.74) is 0.739. The second-order valence-corrected chi connectivity index (χ2v) is 5.98. The van der Waals surface area contributed by atoms with E-state index in [1.54, 1.807) is 4.90 Å². The maximum Gasteiger partial charge on any atom is 0.309 e. The third kappa shape index (κ3) is 1.80. The van der Waals surface area contributed by atoms with Crippen LogP contribution in [0.5, 0.6) is 0 Å². The average Bonchev–Trinajstić information content (AvgIpc) is 2.95. The first-order valence-corrected chi connectivity index (χ1v) is 6.92. The van der Waals surface area contributed by atoms with Crippen LogP contribution in [-0.2, 0) is 9.59 Å². The van der Waals surface area contributed by atoms with Crippen molar-refractivity contribution in [3.63, 3.8) is 0 Å². The molecule has 0 radical (unpaired) electrons. The van der Waals surface area contributed by atoms with Gasteiger partial charge in [-0.25, -0.2) is 4.98 Å². The molecule has 2 unspecified atom stereocenters. The number of hydrogen-bond donors (Lipinski definition) is 1. The van der Waals surface area contributed by atoms with Crippen molar-refractivity contribution >= 4 is 23.2 Å². The number of carbonyl (C=O) groups is 2. The van der Waals surface area contributed by atoms with Crippen LogP contribution in [-0.4, -0.2) is 32.9 Å². The molecule has 1 saturated carbocycles.